The zero-order chi connectivity index (χ0) is 17.4. The zero-order valence-electron chi connectivity index (χ0n) is 12.9. The second-order valence-corrected chi connectivity index (χ2v) is 6.86. The Balaban J connectivity index is 1.84. The van der Waals surface area contributed by atoms with Gasteiger partial charge in [0.05, 0.1) is 23.5 Å². The average Bonchev–Trinajstić information content (AvgIpc) is 3.15. The van der Waals surface area contributed by atoms with Gasteiger partial charge < -0.3 is 14.5 Å². The Labute approximate surface area is 152 Å². The third-order valence-electron chi connectivity index (χ3n) is 3.84. The molecule has 0 unspecified atom stereocenters. The number of carboxylic acids is 1. The van der Waals surface area contributed by atoms with Crippen molar-refractivity contribution in [1.29, 1.82) is 0 Å². The van der Waals surface area contributed by atoms with Crippen molar-refractivity contribution in [2.45, 2.75) is 11.7 Å². The summed E-state index contributed by atoms with van der Waals surface area (Å²) >= 11 is 7.06. The standard InChI is InChI=1S/C17H13ClN4O2S/c18-12-7-5-11(6-8-12)9-21-13-3-1-2-4-14(13)22-16(21)19-20-17(22)25-10-15(23)24/h1-8H,9-10H2,(H,23,24)/p-1. The summed E-state index contributed by atoms with van der Waals surface area (Å²) in [7, 11) is 0. The highest BCUT2D eigenvalue weighted by Crippen LogP contribution is 2.26. The lowest BCUT2D eigenvalue weighted by molar-refractivity contribution is -0.301. The molecule has 0 aliphatic rings. The molecule has 0 saturated heterocycles. The molecule has 2 aromatic heterocycles. The van der Waals surface area contributed by atoms with Crippen LogP contribution in [0.1, 0.15) is 5.56 Å². The van der Waals surface area contributed by atoms with E-state index in [4.69, 9.17) is 11.6 Å². The molecule has 0 amide bonds. The highest BCUT2D eigenvalue weighted by molar-refractivity contribution is 7.99. The molecule has 0 radical (unpaired) electrons. The second kappa shape index (κ2) is 6.42. The zero-order valence-corrected chi connectivity index (χ0v) is 14.5. The molecule has 0 aliphatic heterocycles. The minimum atomic E-state index is -1.13. The molecule has 0 spiro atoms. The summed E-state index contributed by atoms with van der Waals surface area (Å²) in [4.78, 5) is 10.8. The Kier molecular flexibility index (Phi) is 4.10. The van der Waals surface area contributed by atoms with E-state index in [1.165, 1.54) is 0 Å². The topological polar surface area (TPSA) is 75.2 Å². The van der Waals surface area contributed by atoms with Gasteiger partial charge in [-0.3, -0.25) is 4.40 Å². The summed E-state index contributed by atoms with van der Waals surface area (Å²) < 4.78 is 3.92. The van der Waals surface area contributed by atoms with Crippen molar-refractivity contribution in [3.05, 3.63) is 59.1 Å². The number of benzene rings is 2. The van der Waals surface area contributed by atoms with Crippen LogP contribution >= 0.6 is 23.4 Å². The van der Waals surface area contributed by atoms with Gasteiger partial charge in [0.15, 0.2) is 5.16 Å². The number of imidazole rings is 1. The van der Waals surface area contributed by atoms with E-state index in [0.29, 0.717) is 22.5 Å². The molecule has 4 aromatic rings. The fraction of sp³-hybridized carbons (Fsp3) is 0.118. The van der Waals surface area contributed by atoms with E-state index in [1.807, 2.05) is 52.9 Å². The molecule has 2 heterocycles. The number of carbonyl (C=O) groups excluding carboxylic acids is 1. The first-order valence-corrected chi connectivity index (χ1v) is 8.89. The Morgan fingerprint density at radius 3 is 2.52 bits per heavy atom. The van der Waals surface area contributed by atoms with Crippen LogP contribution in [0.3, 0.4) is 0 Å². The predicted molar refractivity (Wildman–Crippen MR) is 94.8 cm³/mol. The molecule has 4 rings (SSSR count). The normalized spacial score (nSPS) is 11.4. The third-order valence-corrected chi connectivity index (χ3v) is 5.00. The number of aliphatic carboxylic acids is 1. The summed E-state index contributed by atoms with van der Waals surface area (Å²) in [6.45, 7) is 0.609. The molecule has 0 bridgehead atoms. The van der Waals surface area contributed by atoms with Crippen LogP contribution in [0, 0.1) is 0 Å². The van der Waals surface area contributed by atoms with Crippen molar-refractivity contribution in [2.75, 3.05) is 5.75 Å². The van der Waals surface area contributed by atoms with Crippen molar-refractivity contribution in [2.24, 2.45) is 0 Å². The monoisotopic (exact) mass is 371 g/mol. The number of carboxylic acid groups (broad SMARTS) is 1. The second-order valence-electron chi connectivity index (χ2n) is 5.48. The van der Waals surface area contributed by atoms with E-state index in [9.17, 15) is 9.90 Å². The predicted octanol–water partition coefficient (Wildman–Crippen LogP) is 2.23. The number of hydrogen-bond donors (Lipinski definition) is 0. The summed E-state index contributed by atoms with van der Waals surface area (Å²) in [5.41, 5.74) is 3.01. The van der Waals surface area contributed by atoms with Crippen molar-refractivity contribution in [3.63, 3.8) is 0 Å². The Morgan fingerprint density at radius 2 is 1.80 bits per heavy atom. The van der Waals surface area contributed by atoms with E-state index in [-0.39, 0.29) is 5.75 Å². The first kappa shape index (κ1) is 16.0. The van der Waals surface area contributed by atoms with Crippen LogP contribution in [-0.4, -0.2) is 30.9 Å². The Hall–Kier alpha value is -2.51. The van der Waals surface area contributed by atoms with E-state index in [1.54, 1.807) is 0 Å². The number of thioether (sulfide) groups is 1. The molecular formula is C17H12ClN4O2S-. The van der Waals surface area contributed by atoms with Crippen molar-refractivity contribution >= 4 is 46.1 Å². The first-order valence-electron chi connectivity index (χ1n) is 7.53. The van der Waals surface area contributed by atoms with Crippen molar-refractivity contribution in [1.82, 2.24) is 19.2 Å². The lowest BCUT2D eigenvalue weighted by Gasteiger charge is -2.05. The highest BCUT2D eigenvalue weighted by Gasteiger charge is 2.17. The van der Waals surface area contributed by atoms with E-state index in [2.05, 4.69) is 14.8 Å². The number of carbonyl (C=O) groups is 1. The maximum Gasteiger partial charge on any atom is 0.237 e. The molecule has 0 atom stereocenters. The van der Waals surface area contributed by atoms with Crippen LogP contribution in [0.5, 0.6) is 0 Å². The highest BCUT2D eigenvalue weighted by atomic mass is 35.5. The summed E-state index contributed by atoms with van der Waals surface area (Å²) in [5, 5.41) is 20.4. The maximum absolute atomic E-state index is 10.8. The van der Waals surface area contributed by atoms with Gasteiger partial charge in [-0.05, 0) is 29.8 Å². The quantitative estimate of drug-likeness (QED) is 0.503. The first-order chi connectivity index (χ1) is 12.1. The van der Waals surface area contributed by atoms with E-state index >= 15 is 0 Å². The smallest absolute Gasteiger partial charge is 0.237 e. The van der Waals surface area contributed by atoms with Gasteiger partial charge in [0.2, 0.25) is 5.78 Å². The van der Waals surface area contributed by atoms with Crippen LogP contribution in [0.4, 0.5) is 0 Å². The van der Waals surface area contributed by atoms with Crippen LogP contribution in [-0.2, 0) is 11.3 Å². The minimum absolute atomic E-state index is 0.169. The van der Waals surface area contributed by atoms with Gasteiger partial charge in [0.1, 0.15) is 0 Å². The van der Waals surface area contributed by atoms with Crippen LogP contribution < -0.4 is 5.11 Å². The van der Waals surface area contributed by atoms with Crippen LogP contribution in [0.2, 0.25) is 5.02 Å². The number of halogens is 1. The average molecular weight is 372 g/mol. The number of fused-ring (bicyclic) bond motifs is 3. The van der Waals surface area contributed by atoms with Crippen molar-refractivity contribution in [3.8, 4) is 0 Å². The number of nitrogens with zero attached hydrogens (tertiary/aromatic N) is 4. The van der Waals surface area contributed by atoms with Crippen molar-refractivity contribution < 1.29 is 9.90 Å². The lowest BCUT2D eigenvalue weighted by atomic mass is 10.2. The Bertz CT molecular complexity index is 1070. The molecule has 0 N–H and O–H groups in total. The van der Waals surface area contributed by atoms with Gasteiger partial charge in [-0.25, -0.2) is 0 Å². The summed E-state index contributed by atoms with van der Waals surface area (Å²) in [6.07, 6.45) is 0. The molecular weight excluding hydrogens is 360 g/mol. The Morgan fingerprint density at radius 1 is 1.08 bits per heavy atom. The van der Waals surface area contributed by atoms with Crippen LogP contribution in [0.25, 0.3) is 16.8 Å². The fourth-order valence-corrected chi connectivity index (χ4v) is 3.56. The molecule has 0 saturated carbocycles. The van der Waals surface area contributed by atoms with Crippen LogP contribution in [0.15, 0.2) is 53.7 Å². The summed E-state index contributed by atoms with van der Waals surface area (Å²) in [5.74, 6) is -0.638. The number of para-hydroxylation sites is 2. The molecule has 6 nitrogen and oxygen atoms in total. The van der Waals surface area contributed by atoms with Gasteiger partial charge in [-0.2, -0.15) is 0 Å². The molecule has 0 fully saturated rings. The third kappa shape index (κ3) is 2.96. The van der Waals surface area contributed by atoms with Gasteiger partial charge in [-0.1, -0.05) is 47.6 Å². The number of hydrogen-bond acceptors (Lipinski definition) is 5. The molecule has 126 valence electrons. The molecule has 25 heavy (non-hydrogen) atoms. The van der Waals surface area contributed by atoms with Gasteiger partial charge in [0, 0.05) is 10.8 Å². The fourth-order valence-electron chi connectivity index (χ4n) is 2.78. The minimum Gasteiger partial charge on any atom is -0.549 e. The summed E-state index contributed by atoms with van der Waals surface area (Å²) in [6, 6.07) is 15.5. The van der Waals surface area contributed by atoms with E-state index < -0.39 is 5.97 Å². The molecule has 0 aliphatic carbocycles. The molecule has 8 heteroatoms. The number of aromatic nitrogens is 4. The maximum atomic E-state index is 10.8. The van der Waals surface area contributed by atoms with Gasteiger partial charge in [0.25, 0.3) is 0 Å². The van der Waals surface area contributed by atoms with Gasteiger partial charge in [-0.15, -0.1) is 10.2 Å². The SMILES string of the molecule is O=C([O-])CSc1nnc2n(Cc3ccc(Cl)cc3)c3ccccc3n12. The largest absolute Gasteiger partial charge is 0.549 e. The van der Waals surface area contributed by atoms with Gasteiger partial charge >= 0.3 is 0 Å². The number of rotatable bonds is 5. The van der Waals surface area contributed by atoms with E-state index in [0.717, 1.165) is 28.4 Å². The lowest BCUT2D eigenvalue weighted by Crippen LogP contribution is -2.24. The molecule has 2 aromatic carbocycles.